The molecule has 1 aromatic carbocycles. The van der Waals surface area contributed by atoms with E-state index in [0.29, 0.717) is 23.6 Å². The Morgan fingerprint density at radius 2 is 2.05 bits per heavy atom. The first-order valence-electron chi connectivity index (χ1n) is 13.4. The number of nitrogens with zero attached hydrogens (tertiary/aromatic N) is 6. The summed E-state index contributed by atoms with van der Waals surface area (Å²) >= 11 is 0. The summed E-state index contributed by atoms with van der Waals surface area (Å²) in [4.78, 5) is 30.9. The molecule has 2 aliphatic heterocycles. The molecule has 2 aliphatic rings. The highest BCUT2D eigenvalue weighted by Crippen LogP contribution is 2.35. The zero-order valence-electron chi connectivity index (χ0n) is 22.9. The molecule has 2 saturated heterocycles. The van der Waals surface area contributed by atoms with Gasteiger partial charge in [0, 0.05) is 43.0 Å². The van der Waals surface area contributed by atoms with Crippen LogP contribution in [0.5, 0.6) is 5.88 Å². The van der Waals surface area contributed by atoms with Crippen molar-refractivity contribution in [1.29, 1.82) is 0 Å². The van der Waals surface area contributed by atoms with Gasteiger partial charge in [0.15, 0.2) is 0 Å². The third kappa shape index (κ3) is 4.83. The number of amides is 1. The molecule has 3 aromatic heterocycles. The van der Waals surface area contributed by atoms with Crippen LogP contribution in [0.3, 0.4) is 0 Å². The zero-order chi connectivity index (χ0) is 27.1. The van der Waals surface area contributed by atoms with E-state index in [1.165, 1.54) is 0 Å². The second-order valence-corrected chi connectivity index (χ2v) is 10.6. The Morgan fingerprint density at radius 3 is 2.85 bits per heavy atom. The molecule has 11 heteroatoms. The molecule has 0 radical (unpaired) electrons. The first-order chi connectivity index (χ1) is 18.9. The maximum atomic E-state index is 13.5. The maximum absolute atomic E-state index is 13.5. The van der Waals surface area contributed by atoms with Crippen molar-refractivity contribution < 1.29 is 9.53 Å². The van der Waals surface area contributed by atoms with Gasteiger partial charge in [-0.25, -0.2) is 9.97 Å². The summed E-state index contributed by atoms with van der Waals surface area (Å²) in [6, 6.07) is 6.34. The highest BCUT2D eigenvalue weighted by molar-refractivity contribution is 6.06. The lowest BCUT2D eigenvalue weighted by atomic mass is 10.1. The summed E-state index contributed by atoms with van der Waals surface area (Å²) in [6.45, 7) is 5.10. The van der Waals surface area contributed by atoms with Gasteiger partial charge in [-0.1, -0.05) is 12.1 Å². The van der Waals surface area contributed by atoms with Crippen LogP contribution in [0.2, 0.25) is 0 Å². The van der Waals surface area contributed by atoms with Crippen molar-refractivity contribution in [2.24, 2.45) is 7.05 Å². The molecule has 5 heterocycles. The number of ether oxygens (including phenoxy) is 1. The van der Waals surface area contributed by atoms with Gasteiger partial charge < -0.3 is 25.3 Å². The number of H-pyrrole nitrogens is 1. The largest absolute Gasteiger partial charge is 0.478 e. The minimum absolute atomic E-state index is 0.0702. The van der Waals surface area contributed by atoms with Crippen molar-refractivity contribution in [2.45, 2.75) is 38.3 Å². The van der Waals surface area contributed by atoms with Crippen LogP contribution in [-0.2, 0) is 11.8 Å². The monoisotopic (exact) mass is 529 g/mol. The number of benzene rings is 1. The number of nitrogens with one attached hydrogen (secondary N) is 3. The first-order valence-corrected chi connectivity index (χ1v) is 13.4. The number of fused-ring (bicyclic) bond motifs is 1. The number of methoxy groups -OCH3 is 1. The van der Waals surface area contributed by atoms with E-state index in [1.807, 2.05) is 44.6 Å². The smallest absolute Gasteiger partial charge is 0.256 e. The summed E-state index contributed by atoms with van der Waals surface area (Å²) in [5.74, 6) is 0.983. The lowest BCUT2D eigenvalue weighted by Gasteiger charge is -2.29. The Morgan fingerprint density at radius 1 is 1.18 bits per heavy atom. The quantitative estimate of drug-likeness (QED) is 0.333. The molecule has 39 heavy (non-hydrogen) atoms. The number of carbonyl (C=O) groups excluding carboxylic acids is 1. The van der Waals surface area contributed by atoms with Crippen molar-refractivity contribution in [2.75, 3.05) is 44.4 Å². The molecule has 0 aliphatic carbocycles. The Bertz CT molecular complexity index is 1510. The maximum Gasteiger partial charge on any atom is 0.256 e. The number of aryl methyl sites for hydroxylation is 2. The van der Waals surface area contributed by atoms with E-state index in [9.17, 15) is 4.79 Å². The van der Waals surface area contributed by atoms with E-state index in [-0.39, 0.29) is 11.9 Å². The van der Waals surface area contributed by atoms with Crippen LogP contribution in [0.15, 0.2) is 36.8 Å². The van der Waals surface area contributed by atoms with Crippen LogP contribution in [-0.4, -0.2) is 86.3 Å². The molecular weight excluding hydrogens is 494 g/mol. The predicted molar refractivity (Wildman–Crippen MR) is 151 cm³/mol. The number of carbonyl (C=O) groups is 1. The van der Waals surface area contributed by atoms with Gasteiger partial charge in [-0.2, -0.15) is 0 Å². The van der Waals surface area contributed by atoms with Crippen molar-refractivity contribution in [3.05, 3.63) is 42.4 Å². The van der Waals surface area contributed by atoms with Crippen LogP contribution in [0.25, 0.3) is 22.2 Å². The summed E-state index contributed by atoms with van der Waals surface area (Å²) in [7, 11) is 5.56. The van der Waals surface area contributed by atoms with Gasteiger partial charge in [-0.15, -0.1) is 5.10 Å². The van der Waals surface area contributed by atoms with E-state index in [1.54, 1.807) is 18.0 Å². The van der Waals surface area contributed by atoms with Gasteiger partial charge >= 0.3 is 0 Å². The molecule has 0 saturated carbocycles. The number of aromatic amines is 1. The molecule has 6 rings (SSSR count). The fourth-order valence-corrected chi connectivity index (χ4v) is 5.96. The standard InChI is InChI=1S/C28H35N9O2/c1-17-13-30-28(32-22-16-36(3)34-27(22)39-4)33-24(17)20-14-29-25-19(20)7-5-8-21(25)31-26(38)23-9-6-11-37(23)18-10-12-35(2)15-18/h5,7-8,13-14,16,18,23,29H,6,9-12,15H2,1-4H3,(H,31,38)(H,30,32,33)/t18?,23-/m1/s1. The van der Waals surface area contributed by atoms with Crippen LogP contribution < -0.4 is 15.4 Å². The Kier molecular flexibility index (Phi) is 6.69. The van der Waals surface area contributed by atoms with E-state index < -0.39 is 0 Å². The molecule has 2 atom stereocenters. The van der Waals surface area contributed by atoms with E-state index in [2.05, 4.69) is 42.5 Å². The van der Waals surface area contributed by atoms with Crippen molar-refractivity contribution >= 4 is 34.1 Å². The van der Waals surface area contributed by atoms with E-state index in [4.69, 9.17) is 9.72 Å². The number of para-hydroxylation sites is 1. The minimum Gasteiger partial charge on any atom is -0.478 e. The second-order valence-electron chi connectivity index (χ2n) is 10.6. The van der Waals surface area contributed by atoms with Crippen molar-refractivity contribution in [3.8, 4) is 17.1 Å². The lowest BCUT2D eigenvalue weighted by Crippen LogP contribution is -2.46. The molecule has 4 aromatic rings. The van der Waals surface area contributed by atoms with Crippen LogP contribution >= 0.6 is 0 Å². The van der Waals surface area contributed by atoms with Gasteiger partial charge in [0.2, 0.25) is 11.9 Å². The highest BCUT2D eigenvalue weighted by atomic mass is 16.5. The number of anilines is 3. The molecule has 204 valence electrons. The average Bonchev–Trinajstić information content (AvgIpc) is 3.71. The Hall–Kier alpha value is -3.96. The summed E-state index contributed by atoms with van der Waals surface area (Å²) in [5.41, 5.74) is 5.04. The molecular formula is C28H35N9O2. The van der Waals surface area contributed by atoms with Gasteiger partial charge in [0.1, 0.15) is 5.69 Å². The second kappa shape index (κ2) is 10.3. The average molecular weight is 530 g/mol. The van der Waals surface area contributed by atoms with Crippen LogP contribution in [0, 0.1) is 6.92 Å². The van der Waals surface area contributed by atoms with Crippen molar-refractivity contribution in [3.63, 3.8) is 0 Å². The molecule has 0 spiro atoms. The third-order valence-corrected chi connectivity index (χ3v) is 7.87. The Labute approximate surface area is 227 Å². The molecule has 1 unspecified atom stereocenters. The number of aromatic nitrogens is 5. The number of hydrogen-bond acceptors (Lipinski definition) is 8. The van der Waals surface area contributed by atoms with Gasteiger partial charge in [-0.05, 0) is 58.0 Å². The highest BCUT2D eigenvalue weighted by Gasteiger charge is 2.37. The van der Waals surface area contributed by atoms with Gasteiger partial charge in [-0.3, -0.25) is 14.4 Å². The first kappa shape index (κ1) is 25.3. The fourth-order valence-electron chi connectivity index (χ4n) is 5.96. The third-order valence-electron chi connectivity index (χ3n) is 7.87. The predicted octanol–water partition coefficient (Wildman–Crippen LogP) is 3.53. The van der Waals surface area contributed by atoms with Crippen LogP contribution in [0.4, 0.5) is 17.3 Å². The summed E-state index contributed by atoms with van der Waals surface area (Å²) < 4.78 is 7.02. The molecule has 1 amide bonds. The van der Waals surface area contributed by atoms with E-state index >= 15 is 0 Å². The number of likely N-dealkylation sites (N-methyl/N-ethyl adjacent to an activating group) is 1. The number of likely N-dealkylation sites (tertiary alicyclic amines) is 2. The van der Waals surface area contributed by atoms with Crippen molar-refractivity contribution in [1.82, 2.24) is 34.5 Å². The summed E-state index contributed by atoms with van der Waals surface area (Å²) in [6.07, 6.45) is 8.64. The molecule has 0 bridgehead atoms. The fraction of sp³-hybridized carbons (Fsp3) is 0.429. The zero-order valence-corrected chi connectivity index (χ0v) is 22.9. The molecule has 3 N–H and O–H groups in total. The minimum atomic E-state index is -0.0894. The lowest BCUT2D eigenvalue weighted by molar-refractivity contribution is -0.121. The van der Waals surface area contributed by atoms with E-state index in [0.717, 1.165) is 72.3 Å². The number of hydrogen-bond donors (Lipinski definition) is 3. The van der Waals surface area contributed by atoms with Gasteiger partial charge in [0.05, 0.1) is 36.2 Å². The Balaban J connectivity index is 1.26. The molecule has 11 nitrogen and oxygen atoms in total. The normalized spacial score (nSPS) is 20.1. The van der Waals surface area contributed by atoms with Gasteiger partial charge in [0.25, 0.3) is 5.88 Å². The summed E-state index contributed by atoms with van der Waals surface area (Å²) in [5, 5.41) is 11.7. The number of rotatable bonds is 7. The molecule has 2 fully saturated rings. The topological polar surface area (TPSA) is 116 Å². The van der Waals surface area contributed by atoms with Crippen LogP contribution in [0.1, 0.15) is 24.8 Å². The SMILES string of the molecule is COc1nn(C)cc1Nc1ncc(C)c(-c2c[nH]c3c(NC(=O)[C@H]4CCCN4C4CCN(C)C4)cccc23)n1.